The van der Waals surface area contributed by atoms with E-state index in [1.165, 1.54) is 0 Å². The quantitative estimate of drug-likeness (QED) is 0.682. The Hall–Kier alpha value is -1.10. The van der Waals surface area contributed by atoms with Crippen molar-refractivity contribution in [3.8, 4) is 0 Å². The monoisotopic (exact) mass is 311 g/mol. The second kappa shape index (κ2) is 5.49. The van der Waals surface area contributed by atoms with Crippen LogP contribution in [0.15, 0.2) is 29.8 Å². The lowest BCUT2D eigenvalue weighted by atomic mass is 10.3. The minimum absolute atomic E-state index is 0.551. The molecule has 0 fully saturated rings. The van der Waals surface area contributed by atoms with Gasteiger partial charge < -0.3 is 4.57 Å². The molecule has 2 heterocycles. The Kier molecular flexibility index (Phi) is 3.73. The van der Waals surface area contributed by atoms with E-state index in [9.17, 15) is 0 Å². The lowest BCUT2D eigenvalue weighted by Crippen LogP contribution is -2.05. The Morgan fingerprint density at radius 1 is 1.32 bits per heavy atom. The summed E-state index contributed by atoms with van der Waals surface area (Å²) in [5, 5.41) is 3.74. The molecular weight excluding hydrogens is 301 g/mol. The minimum Gasteiger partial charge on any atom is -0.321 e. The zero-order valence-electron chi connectivity index (χ0n) is 10.0. The average Bonchev–Trinajstić information content (AvgIpc) is 3.00. The Morgan fingerprint density at radius 2 is 2.21 bits per heavy atom. The van der Waals surface area contributed by atoms with Crippen LogP contribution in [0.5, 0.6) is 0 Å². The van der Waals surface area contributed by atoms with Crippen molar-refractivity contribution in [1.82, 2.24) is 14.5 Å². The number of aromatic nitrogens is 3. The van der Waals surface area contributed by atoms with Crippen LogP contribution in [0.1, 0.15) is 10.8 Å². The van der Waals surface area contributed by atoms with Gasteiger partial charge in [-0.25, -0.2) is 9.97 Å². The topological polar surface area (TPSA) is 30.7 Å². The maximum Gasteiger partial charge on any atom is 0.112 e. The van der Waals surface area contributed by atoms with E-state index in [0.717, 1.165) is 28.3 Å². The number of hydrogen-bond acceptors (Lipinski definition) is 3. The Bertz CT molecular complexity index is 691. The number of rotatable bonds is 4. The van der Waals surface area contributed by atoms with E-state index in [1.54, 1.807) is 11.3 Å². The molecule has 0 saturated carbocycles. The molecule has 0 spiro atoms. The first kappa shape index (κ1) is 12.9. The zero-order chi connectivity index (χ0) is 13.2. The molecule has 3 nitrogen and oxygen atoms in total. The summed E-state index contributed by atoms with van der Waals surface area (Å²) in [6.07, 6.45) is 2.55. The largest absolute Gasteiger partial charge is 0.321 e. The molecule has 19 heavy (non-hydrogen) atoms. The summed E-state index contributed by atoms with van der Waals surface area (Å²) in [6, 6.07) is 5.73. The molecule has 6 heteroatoms. The van der Waals surface area contributed by atoms with Crippen molar-refractivity contribution in [2.24, 2.45) is 0 Å². The number of fused-ring (bicyclic) bond motifs is 1. The third-order valence-electron chi connectivity index (χ3n) is 2.88. The van der Waals surface area contributed by atoms with Gasteiger partial charge in [0.05, 0.1) is 17.6 Å². The highest BCUT2D eigenvalue weighted by atomic mass is 35.5. The zero-order valence-corrected chi connectivity index (χ0v) is 12.3. The van der Waals surface area contributed by atoms with E-state index in [1.807, 2.05) is 29.8 Å². The fraction of sp³-hybridized carbons (Fsp3) is 0.231. The minimum atomic E-state index is 0.551. The van der Waals surface area contributed by atoms with Crippen molar-refractivity contribution in [1.29, 1.82) is 0 Å². The molecule has 2 aromatic heterocycles. The molecule has 0 bridgehead atoms. The number of nitrogens with zero attached hydrogens (tertiary/aromatic N) is 3. The van der Waals surface area contributed by atoms with Gasteiger partial charge in [0.15, 0.2) is 0 Å². The highest BCUT2D eigenvalue weighted by Gasteiger charge is 2.12. The van der Waals surface area contributed by atoms with Gasteiger partial charge in [0.1, 0.15) is 10.8 Å². The second-order valence-electron chi connectivity index (χ2n) is 4.11. The average molecular weight is 312 g/mol. The van der Waals surface area contributed by atoms with E-state index < -0.39 is 0 Å². The van der Waals surface area contributed by atoms with E-state index in [4.69, 9.17) is 23.2 Å². The molecule has 0 atom stereocenters. The molecule has 0 unspecified atom stereocenters. The molecule has 0 aliphatic rings. The molecular formula is C13H11Cl2N3S. The molecule has 0 aliphatic heterocycles. The van der Waals surface area contributed by atoms with Crippen molar-refractivity contribution in [3.63, 3.8) is 0 Å². The molecule has 1 aromatic carbocycles. The van der Waals surface area contributed by atoms with Gasteiger partial charge in [-0.3, -0.25) is 0 Å². The number of thiazole rings is 1. The summed E-state index contributed by atoms with van der Waals surface area (Å²) < 4.78 is 2.14. The van der Waals surface area contributed by atoms with Gasteiger partial charge >= 0.3 is 0 Å². The maximum atomic E-state index is 6.08. The van der Waals surface area contributed by atoms with Crippen LogP contribution in [-0.2, 0) is 13.0 Å². The van der Waals surface area contributed by atoms with Gasteiger partial charge in [-0.2, -0.15) is 0 Å². The number of alkyl halides is 1. The standard InChI is InChI=1S/C13H11Cl2N3S/c14-4-3-12-17-10-2-1-9(15)7-11(10)18(12)8-13-16-5-6-19-13/h1-2,5-7H,3-4,8H2. The van der Waals surface area contributed by atoms with Crippen LogP contribution in [0.25, 0.3) is 11.0 Å². The number of benzene rings is 1. The summed E-state index contributed by atoms with van der Waals surface area (Å²) in [6.45, 7) is 0.709. The van der Waals surface area contributed by atoms with Crippen LogP contribution >= 0.6 is 34.5 Å². The predicted octanol–water partition coefficient (Wildman–Crippen LogP) is 3.98. The normalized spacial score (nSPS) is 11.3. The fourth-order valence-corrected chi connectivity index (χ4v) is 3.00. The molecule has 0 aliphatic carbocycles. The summed E-state index contributed by atoms with van der Waals surface area (Å²) >= 11 is 13.6. The van der Waals surface area contributed by atoms with Crippen molar-refractivity contribution >= 4 is 45.6 Å². The first-order valence-electron chi connectivity index (χ1n) is 5.87. The highest BCUT2D eigenvalue weighted by Crippen LogP contribution is 2.23. The van der Waals surface area contributed by atoms with Gasteiger partial charge in [0, 0.05) is 28.9 Å². The van der Waals surface area contributed by atoms with Crippen LogP contribution in [0.4, 0.5) is 0 Å². The Balaban J connectivity index is 2.12. The van der Waals surface area contributed by atoms with Crippen molar-refractivity contribution in [2.75, 3.05) is 5.88 Å². The van der Waals surface area contributed by atoms with E-state index in [2.05, 4.69) is 14.5 Å². The highest BCUT2D eigenvalue weighted by molar-refractivity contribution is 7.09. The third-order valence-corrected chi connectivity index (χ3v) is 4.07. The molecule has 0 saturated heterocycles. The Labute approximate surface area is 124 Å². The van der Waals surface area contributed by atoms with Crippen LogP contribution < -0.4 is 0 Å². The molecule has 0 amide bonds. The summed E-state index contributed by atoms with van der Waals surface area (Å²) in [7, 11) is 0. The number of aryl methyl sites for hydroxylation is 1. The first-order valence-corrected chi connectivity index (χ1v) is 7.66. The molecule has 0 radical (unpaired) electrons. The SMILES string of the molecule is ClCCc1nc2ccc(Cl)cc2n1Cc1nccs1. The van der Waals surface area contributed by atoms with Gasteiger partial charge in [-0.05, 0) is 18.2 Å². The van der Waals surface area contributed by atoms with E-state index in [0.29, 0.717) is 17.4 Å². The summed E-state index contributed by atoms with van der Waals surface area (Å²) in [5.74, 6) is 1.53. The lowest BCUT2D eigenvalue weighted by molar-refractivity contribution is 0.750. The molecule has 98 valence electrons. The Morgan fingerprint density at radius 3 is 2.95 bits per heavy atom. The van der Waals surface area contributed by atoms with Gasteiger partial charge in [0.25, 0.3) is 0 Å². The van der Waals surface area contributed by atoms with Gasteiger partial charge in [0.2, 0.25) is 0 Å². The maximum absolute atomic E-state index is 6.08. The smallest absolute Gasteiger partial charge is 0.112 e. The third kappa shape index (κ3) is 2.61. The van der Waals surface area contributed by atoms with Crippen LogP contribution in [-0.4, -0.2) is 20.4 Å². The van der Waals surface area contributed by atoms with Crippen molar-refractivity contribution in [2.45, 2.75) is 13.0 Å². The molecule has 3 aromatic rings. The first-order chi connectivity index (χ1) is 9.28. The van der Waals surface area contributed by atoms with Crippen LogP contribution in [0.3, 0.4) is 0 Å². The van der Waals surface area contributed by atoms with Crippen molar-refractivity contribution < 1.29 is 0 Å². The van der Waals surface area contributed by atoms with E-state index in [-0.39, 0.29) is 0 Å². The number of imidazole rings is 1. The summed E-state index contributed by atoms with van der Waals surface area (Å²) in [5.41, 5.74) is 1.98. The second-order valence-corrected chi connectivity index (χ2v) is 5.91. The number of halogens is 2. The number of hydrogen-bond donors (Lipinski definition) is 0. The predicted molar refractivity (Wildman–Crippen MR) is 80.4 cm³/mol. The van der Waals surface area contributed by atoms with Gasteiger partial charge in [-0.1, -0.05) is 11.6 Å². The van der Waals surface area contributed by atoms with Crippen molar-refractivity contribution in [3.05, 3.63) is 45.6 Å². The fourth-order valence-electron chi connectivity index (χ4n) is 2.06. The summed E-state index contributed by atoms with van der Waals surface area (Å²) in [4.78, 5) is 8.95. The van der Waals surface area contributed by atoms with Gasteiger partial charge in [-0.15, -0.1) is 22.9 Å². The van der Waals surface area contributed by atoms with Crippen LogP contribution in [0.2, 0.25) is 5.02 Å². The van der Waals surface area contributed by atoms with Crippen LogP contribution in [0, 0.1) is 0 Å². The van der Waals surface area contributed by atoms with E-state index >= 15 is 0 Å². The molecule has 0 N–H and O–H groups in total. The lowest BCUT2D eigenvalue weighted by Gasteiger charge is -2.06. The molecule has 3 rings (SSSR count).